The Bertz CT molecular complexity index is 702. The van der Waals surface area contributed by atoms with Crippen molar-refractivity contribution in [3.63, 3.8) is 0 Å². The number of furan rings is 1. The normalized spacial score (nSPS) is 11.4. The highest BCUT2D eigenvalue weighted by Crippen LogP contribution is 2.39. The molecule has 4 heteroatoms. The number of phenolic OH excluding ortho intramolecular Hbond substituents is 1. The summed E-state index contributed by atoms with van der Waals surface area (Å²) in [6, 6.07) is 8.78. The number of phenols is 1. The molecule has 0 radical (unpaired) electrons. The van der Waals surface area contributed by atoms with Crippen molar-refractivity contribution in [1.82, 2.24) is 0 Å². The molecule has 0 amide bonds. The summed E-state index contributed by atoms with van der Waals surface area (Å²) in [5.41, 5.74) is 1.44. The van der Waals surface area contributed by atoms with Crippen LogP contribution in [0, 0.1) is 0 Å². The van der Waals surface area contributed by atoms with Crippen LogP contribution >= 0.6 is 27.5 Å². The number of fused-ring (bicyclic) bond motifs is 3. The Hall–Kier alpha value is -1.19. The van der Waals surface area contributed by atoms with Gasteiger partial charge >= 0.3 is 0 Å². The van der Waals surface area contributed by atoms with E-state index in [9.17, 15) is 5.11 Å². The van der Waals surface area contributed by atoms with Gasteiger partial charge in [-0.2, -0.15) is 0 Å². The topological polar surface area (TPSA) is 33.4 Å². The molecule has 1 heterocycles. The van der Waals surface area contributed by atoms with Crippen molar-refractivity contribution >= 4 is 49.5 Å². The van der Waals surface area contributed by atoms with Gasteiger partial charge in [0, 0.05) is 21.9 Å². The van der Waals surface area contributed by atoms with E-state index in [1.54, 1.807) is 24.3 Å². The average Bonchev–Trinajstić information content (AvgIpc) is 2.61. The molecule has 1 N–H and O–H groups in total. The fourth-order valence-corrected chi connectivity index (χ4v) is 2.49. The molecule has 0 atom stereocenters. The minimum absolute atomic E-state index is 0.199. The highest BCUT2D eigenvalue weighted by Gasteiger charge is 2.12. The van der Waals surface area contributed by atoms with Crippen LogP contribution in [0.2, 0.25) is 5.02 Å². The van der Waals surface area contributed by atoms with Crippen LogP contribution < -0.4 is 0 Å². The van der Waals surface area contributed by atoms with E-state index in [2.05, 4.69) is 15.9 Å². The van der Waals surface area contributed by atoms with Crippen molar-refractivity contribution in [2.24, 2.45) is 0 Å². The first kappa shape index (κ1) is 10.00. The van der Waals surface area contributed by atoms with Crippen LogP contribution in [0.5, 0.6) is 5.75 Å². The molecular weight excluding hydrogens is 291 g/mol. The molecule has 3 aromatic rings. The lowest BCUT2D eigenvalue weighted by molar-refractivity contribution is 0.472. The molecule has 0 unspecified atom stereocenters. The third kappa shape index (κ3) is 1.32. The lowest BCUT2D eigenvalue weighted by Crippen LogP contribution is -1.71. The molecule has 0 saturated carbocycles. The summed E-state index contributed by atoms with van der Waals surface area (Å²) in [6.07, 6.45) is 0. The van der Waals surface area contributed by atoms with E-state index in [-0.39, 0.29) is 5.75 Å². The van der Waals surface area contributed by atoms with E-state index in [4.69, 9.17) is 16.0 Å². The van der Waals surface area contributed by atoms with E-state index in [1.165, 1.54) is 0 Å². The lowest BCUT2D eigenvalue weighted by Gasteiger charge is -1.97. The van der Waals surface area contributed by atoms with Gasteiger partial charge in [0.05, 0.1) is 4.47 Å². The monoisotopic (exact) mass is 296 g/mol. The second-order valence-corrected chi connectivity index (χ2v) is 4.74. The Labute approximate surface area is 105 Å². The van der Waals surface area contributed by atoms with E-state index in [0.29, 0.717) is 15.1 Å². The molecule has 0 aliphatic carbocycles. The Balaban J connectivity index is 2.57. The zero-order chi connectivity index (χ0) is 11.3. The van der Waals surface area contributed by atoms with Gasteiger partial charge in [-0.15, -0.1) is 0 Å². The largest absolute Gasteiger partial charge is 0.507 e. The zero-order valence-electron chi connectivity index (χ0n) is 8.00. The van der Waals surface area contributed by atoms with Gasteiger partial charge in [0.1, 0.15) is 16.9 Å². The van der Waals surface area contributed by atoms with Crippen molar-refractivity contribution in [2.75, 3.05) is 0 Å². The van der Waals surface area contributed by atoms with Crippen molar-refractivity contribution in [3.8, 4) is 5.75 Å². The number of aromatic hydroxyl groups is 1. The predicted molar refractivity (Wildman–Crippen MR) is 68.1 cm³/mol. The first-order valence-electron chi connectivity index (χ1n) is 4.66. The number of rotatable bonds is 0. The molecule has 1 aromatic heterocycles. The molecule has 2 aromatic carbocycles. The van der Waals surface area contributed by atoms with E-state index >= 15 is 0 Å². The second-order valence-electron chi connectivity index (χ2n) is 3.51. The maximum absolute atomic E-state index is 9.64. The third-order valence-corrected chi connectivity index (χ3v) is 3.55. The summed E-state index contributed by atoms with van der Waals surface area (Å²) in [7, 11) is 0. The molecule has 0 bridgehead atoms. The number of benzene rings is 2. The Morgan fingerprint density at radius 2 is 1.94 bits per heavy atom. The zero-order valence-corrected chi connectivity index (χ0v) is 10.3. The SMILES string of the molecule is Oc1ccc2oc3cc(Cl)ccc3c2c1Br. The van der Waals surface area contributed by atoms with Gasteiger partial charge in [0.2, 0.25) is 0 Å². The molecule has 3 rings (SSSR count). The fraction of sp³-hybridized carbons (Fsp3) is 0. The van der Waals surface area contributed by atoms with E-state index in [1.807, 2.05) is 6.07 Å². The summed E-state index contributed by atoms with van der Waals surface area (Å²) >= 11 is 9.25. The fourth-order valence-electron chi connectivity index (χ4n) is 1.79. The summed E-state index contributed by atoms with van der Waals surface area (Å²) in [5, 5.41) is 12.1. The van der Waals surface area contributed by atoms with Gasteiger partial charge in [0.15, 0.2) is 0 Å². The number of halogens is 2. The quantitative estimate of drug-likeness (QED) is 0.652. The highest BCUT2D eigenvalue weighted by atomic mass is 79.9. The minimum atomic E-state index is 0.199. The highest BCUT2D eigenvalue weighted by molar-refractivity contribution is 9.10. The molecule has 0 saturated heterocycles. The number of hydrogen-bond acceptors (Lipinski definition) is 2. The standard InChI is InChI=1S/C12H6BrClO2/c13-12-8(15)3-4-9-11(12)7-2-1-6(14)5-10(7)16-9/h1-5,15H. The van der Waals surface area contributed by atoms with Crippen LogP contribution in [0.1, 0.15) is 0 Å². The van der Waals surface area contributed by atoms with E-state index < -0.39 is 0 Å². The van der Waals surface area contributed by atoms with Gasteiger partial charge in [-0.05, 0) is 40.2 Å². The summed E-state index contributed by atoms with van der Waals surface area (Å²) in [6.45, 7) is 0. The smallest absolute Gasteiger partial charge is 0.136 e. The van der Waals surface area contributed by atoms with Crippen molar-refractivity contribution in [1.29, 1.82) is 0 Å². The maximum Gasteiger partial charge on any atom is 0.136 e. The minimum Gasteiger partial charge on any atom is -0.507 e. The molecule has 0 spiro atoms. The van der Waals surface area contributed by atoms with Crippen molar-refractivity contribution in [3.05, 3.63) is 39.8 Å². The van der Waals surface area contributed by atoms with Crippen LogP contribution in [0.25, 0.3) is 21.9 Å². The Morgan fingerprint density at radius 3 is 2.75 bits per heavy atom. The summed E-state index contributed by atoms with van der Waals surface area (Å²) in [4.78, 5) is 0. The average molecular weight is 298 g/mol. The summed E-state index contributed by atoms with van der Waals surface area (Å²) < 4.78 is 6.29. The van der Waals surface area contributed by atoms with Gasteiger partial charge < -0.3 is 9.52 Å². The first-order chi connectivity index (χ1) is 7.66. The first-order valence-corrected chi connectivity index (χ1v) is 5.83. The van der Waals surface area contributed by atoms with Crippen molar-refractivity contribution in [2.45, 2.75) is 0 Å². The molecule has 2 nitrogen and oxygen atoms in total. The van der Waals surface area contributed by atoms with Gasteiger partial charge in [-0.1, -0.05) is 11.6 Å². The second kappa shape index (κ2) is 3.40. The van der Waals surface area contributed by atoms with E-state index in [0.717, 1.165) is 16.4 Å². The van der Waals surface area contributed by atoms with Crippen LogP contribution in [0.3, 0.4) is 0 Å². The molecule has 16 heavy (non-hydrogen) atoms. The Morgan fingerprint density at radius 1 is 1.12 bits per heavy atom. The summed E-state index contributed by atoms with van der Waals surface area (Å²) in [5.74, 6) is 0.199. The van der Waals surface area contributed by atoms with Gasteiger partial charge in [-0.3, -0.25) is 0 Å². The van der Waals surface area contributed by atoms with Crippen molar-refractivity contribution < 1.29 is 9.52 Å². The number of hydrogen-bond donors (Lipinski definition) is 1. The van der Waals surface area contributed by atoms with Crippen LogP contribution in [-0.4, -0.2) is 5.11 Å². The molecule has 0 aliphatic heterocycles. The lowest BCUT2D eigenvalue weighted by atomic mass is 10.1. The van der Waals surface area contributed by atoms with Gasteiger partial charge in [0.25, 0.3) is 0 Å². The van der Waals surface area contributed by atoms with Crippen LogP contribution in [-0.2, 0) is 0 Å². The van der Waals surface area contributed by atoms with Gasteiger partial charge in [-0.25, -0.2) is 0 Å². The maximum atomic E-state index is 9.64. The molecular formula is C12H6BrClO2. The van der Waals surface area contributed by atoms with Crippen LogP contribution in [0.15, 0.2) is 39.2 Å². The molecule has 0 aliphatic rings. The molecule has 0 fully saturated rings. The third-order valence-electron chi connectivity index (χ3n) is 2.52. The van der Waals surface area contributed by atoms with Crippen LogP contribution in [0.4, 0.5) is 0 Å². The predicted octanol–water partition coefficient (Wildman–Crippen LogP) is 4.71. The Kier molecular flexibility index (Phi) is 2.13. The molecule has 80 valence electrons.